The lowest BCUT2D eigenvalue weighted by Crippen LogP contribution is -2.35. The van der Waals surface area contributed by atoms with Crippen molar-refractivity contribution in [3.8, 4) is 39.5 Å². The average molecular weight is 610 g/mol. The van der Waals surface area contributed by atoms with E-state index in [9.17, 15) is 9.59 Å². The van der Waals surface area contributed by atoms with Gasteiger partial charge in [0.1, 0.15) is 5.69 Å². The fourth-order valence-corrected chi connectivity index (χ4v) is 6.45. The molecule has 0 saturated carbocycles. The molecule has 2 aromatic heterocycles. The number of nitrogens with zero attached hydrogens (tertiary/aromatic N) is 4. The van der Waals surface area contributed by atoms with E-state index in [1.807, 2.05) is 10.7 Å². The van der Waals surface area contributed by atoms with Crippen LogP contribution in [0.5, 0.6) is 5.88 Å². The minimum absolute atomic E-state index is 0.0336. The predicted octanol–water partition coefficient (Wildman–Crippen LogP) is 4.18. The number of benzene rings is 2. The Morgan fingerprint density at radius 3 is 2.44 bits per heavy atom. The second kappa shape index (κ2) is 13.2. The van der Waals surface area contributed by atoms with Crippen LogP contribution in [0.25, 0.3) is 33.6 Å². The Morgan fingerprint density at radius 2 is 1.78 bits per heavy atom. The molecule has 1 amide bonds. The number of hydrogen-bond donors (Lipinski definition) is 4. The molecule has 11 nitrogen and oxygen atoms in total. The molecular formula is C34H39N7O4. The van der Waals surface area contributed by atoms with Gasteiger partial charge in [0.2, 0.25) is 11.8 Å². The SMILES string of the molecule is COc1nc(-c2cccc(-c3cccc(-c4cc5n(n4)CCCC5NCC(=O)O)c3C)c2C)cnc1CNC[C@@H]1CCC(=O)N1. The lowest BCUT2D eigenvalue weighted by Gasteiger charge is -2.23. The van der Waals surface area contributed by atoms with Gasteiger partial charge < -0.3 is 20.5 Å². The molecule has 45 heavy (non-hydrogen) atoms. The number of nitrogens with one attached hydrogen (secondary N) is 3. The van der Waals surface area contributed by atoms with Crippen molar-refractivity contribution in [2.24, 2.45) is 0 Å². The number of aromatic nitrogens is 4. The number of aryl methyl sites for hydroxylation is 1. The van der Waals surface area contributed by atoms with E-state index in [1.54, 1.807) is 13.3 Å². The summed E-state index contributed by atoms with van der Waals surface area (Å²) in [4.78, 5) is 32.2. The van der Waals surface area contributed by atoms with E-state index >= 15 is 0 Å². The molecule has 4 heterocycles. The summed E-state index contributed by atoms with van der Waals surface area (Å²) >= 11 is 0. The Labute approximate surface area is 262 Å². The van der Waals surface area contributed by atoms with Gasteiger partial charge in [0.15, 0.2) is 0 Å². The van der Waals surface area contributed by atoms with Gasteiger partial charge in [-0.1, -0.05) is 36.4 Å². The van der Waals surface area contributed by atoms with Crippen molar-refractivity contribution in [2.45, 2.75) is 64.7 Å². The van der Waals surface area contributed by atoms with Crippen molar-refractivity contribution in [3.05, 3.63) is 71.2 Å². The van der Waals surface area contributed by atoms with Gasteiger partial charge in [-0.3, -0.25) is 24.6 Å². The van der Waals surface area contributed by atoms with Gasteiger partial charge in [-0.25, -0.2) is 4.98 Å². The van der Waals surface area contributed by atoms with Crippen molar-refractivity contribution in [1.29, 1.82) is 0 Å². The largest absolute Gasteiger partial charge is 0.480 e. The average Bonchev–Trinajstić information content (AvgIpc) is 3.66. The molecule has 1 saturated heterocycles. The summed E-state index contributed by atoms with van der Waals surface area (Å²) in [6.07, 6.45) is 5.03. The summed E-state index contributed by atoms with van der Waals surface area (Å²) < 4.78 is 7.64. The van der Waals surface area contributed by atoms with Crippen molar-refractivity contribution >= 4 is 11.9 Å². The highest BCUT2D eigenvalue weighted by molar-refractivity contribution is 5.82. The number of ether oxygens (including phenoxy) is 1. The second-order valence-corrected chi connectivity index (χ2v) is 11.7. The summed E-state index contributed by atoms with van der Waals surface area (Å²) in [5.74, 6) is -0.292. The molecular weight excluding hydrogens is 570 g/mol. The van der Waals surface area contributed by atoms with Crippen molar-refractivity contribution in [2.75, 3.05) is 20.2 Å². The predicted molar refractivity (Wildman–Crippen MR) is 171 cm³/mol. The van der Waals surface area contributed by atoms with Crippen molar-refractivity contribution < 1.29 is 19.4 Å². The molecule has 6 rings (SSSR count). The molecule has 2 aliphatic heterocycles. The first-order valence-electron chi connectivity index (χ1n) is 15.5. The first kappa shape index (κ1) is 30.4. The van der Waals surface area contributed by atoms with Crippen LogP contribution in [0.4, 0.5) is 0 Å². The van der Waals surface area contributed by atoms with Crippen LogP contribution in [0, 0.1) is 13.8 Å². The van der Waals surface area contributed by atoms with E-state index in [-0.39, 0.29) is 24.5 Å². The van der Waals surface area contributed by atoms with Gasteiger partial charge >= 0.3 is 5.97 Å². The number of aliphatic carboxylic acids is 1. The third-order valence-electron chi connectivity index (χ3n) is 8.81. The van der Waals surface area contributed by atoms with Crippen molar-refractivity contribution in [1.82, 2.24) is 35.7 Å². The number of methoxy groups -OCH3 is 1. The van der Waals surface area contributed by atoms with Crippen LogP contribution < -0.4 is 20.7 Å². The normalized spacial score (nSPS) is 17.6. The van der Waals surface area contributed by atoms with Crippen LogP contribution in [-0.4, -0.2) is 63.0 Å². The van der Waals surface area contributed by atoms with Crippen LogP contribution in [0.2, 0.25) is 0 Å². The number of fused-ring (bicyclic) bond motifs is 1. The molecule has 2 aromatic carbocycles. The van der Waals surface area contributed by atoms with E-state index in [2.05, 4.69) is 66.2 Å². The number of carbonyl (C=O) groups excluding carboxylic acids is 1. The summed E-state index contributed by atoms with van der Waals surface area (Å²) in [7, 11) is 1.60. The molecule has 234 valence electrons. The van der Waals surface area contributed by atoms with Crippen LogP contribution in [0.1, 0.15) is 54.2 Å². The van der Waals surface area contributed by atoms with Crippen LogP contribution in [-0.2, 0) is 22.7 Å². The molecule has 2 atom stereocenters. The first-order valence-corrected chi connectivity index (χ1v) is 15.5. The Kier molecular flexibility index (Phi) is 8.90. The highest BCUT2D eigenvalue weighted by Crippen LogP contribution is 2.37. The molecule has 1 fully saturated rings. The number of amides is 1. The third kappa shape index (κ3) is 6.45. The molecule has 4 aromatic rings. The second-order valence-electron chi connectivity index (χ2n) is 11.7. The molecule has 0 bridgehead atoms. The van der Waals surface area contributed by atoms with Gasteiger partial charge in [-0.05, 0) is 61.4 Å². The Morgan fingerprint density at radius 1 is 1.07 bits per heavy atom. The molecule has 0 spiro atoms. The first-order chi connectivity index (χ1) is 21.8. The molecule has 4 N–H and O–H groups in total. The van der Waals surface area contributed by atoms with Crippen LogP contribution in [0.3, 0.4) is 0 Å². The zero-order valence-corrected chi connectivity index (χ0v) is 25.9. The maximum absolute atomic E-state index is 11.5. The lowest BCUT2D eigenvalue weighted by atomic mass is 9.90. The fraction of sp³-hybridized carbons (Fsp3) is 0.382. The lowest BCUT2D eigenvalue weighted by molar-refractivity contribution is -0.136. The summed E-state index contributed by atoms with van der Waals surface area (Å²) in [6, 6.07) is 14.7. The number of hydrogen-bond acceptors (Lipinski definition) is 8. The van der Waals surface area contributed by atoms with Gasteiger partial charge in [0.25, 0.3) is 0 Å². The maximum Gasteiger partial charge on any atom is 0.317 e. The number of carboxylic acid groups (broad SMARTS) is 1. The third-order valence-corrected chi connectivity index (χ3v) is 8.81. The summed E-state index contributed by atoms with van der Waals surface area (Å²) in [5, 5.41) is 23.6. The summed E-state index contributed by atoms with van der Waals surface area (Å²) in [5.41, 5.74) is 9.78. The molecule has 0 radical (unpaired) electrons. The minimum atomic E-state index is -0.864. The maximum atomic E-state index is 11.5. The molecule has 1 unspecified atom stereocenters. The number of carboxylic acids is 1. The van der Waals surface area contributed by atoms with Gasteiger partial charge in [0.05, 0.1) is 36.9 Å². The van der Waals surface area contributed by atoms with Crippen molar-refractivity contribution in [3.63, 3.8) is 0 Å². The van der Waals surface area contributed by atoms with Gasteiger partial charge in [0, 0.05) is 49.3 Å². The Bertz CT molecular complexity index is 1730. The highest BCUT2D eigenvalue weighted by Gasteiger charge is 2.25. The highest BCUT2D eigenvalue weighted by atomic mass is 16.5. The van der Waals surface area contributed by atoms with Gasteiger partial charge in [-0.15, -0.1) is 0 Å². The van der Waals surface area contributed by atoms with Crippen LogP contribution in [0.15, 0.2) is 48.7 Å². The van der Waals surface area contributed by atoms with E-state index in [0.717, 1.165) is 76.3 Å². The topological polar surface area (TPSA) is 143 Å². The Hall–Kier alpha value is -4.61. The smallest absolute Gasteiger partial charge is 0.317 e. The Balaban J connectivity index is 1.25. The zero-order valence-electron chi connectivity index (χ0n) is 25.9. The van der Waals surface area contributed by atoms with E-state index in [1.165, 1.54) is 0 Å². The van der Waals surface area contributed by atoms with E-state index in [0.29, 0.717) is 31.1 Å². The van der Waals surface area contributed by atoms with E-state index < -0.39 is 5.97 Å². The van der Waals surface area contributed by atoms with Gasteiger partial charge in [-0.2, -0.15) is 5.10 Å². The monoisotopic (exact) mass is 609 g/mol. The van der Waals surface area contributed by atoms with E-state index in [4.69, 9.17) is 24.9 Å². The standard InChI is InChI=1S/C34H39N7O4/c1-20-23(7-4-9-25(20)28-15-31-27(37-19-33(43)44)11-6-14-41(31)40-28)24-8-5-10-26(21(24)2)29-18-36-30(34(39-29)45-3)17-35-16-22-12-13-32(42)38-22/h4-5,7-10,15,18,22,27,35,37H,6,11-14,16-17,19H2,1-3H3,(H,38,42)(H,43,44)/t22-,27?/m0/s1. The summed E-state index contributed by atoms with van der Waals surface area (Å²) in [6.45, 7) is 6.12. The van der Waals surface area contributed by atoms with Crippen LogP contribution >= 0.6 is 0 Å². The number of rotatable bonds is 11. The number of carbonyl (C=O) groups is 2. The molecule has 2 aliphatic rings. The fourth-order valence-electron chi connectivity index (χ4n) is 6.45. The zero-order chi connectivity index (χ0) is 31.5. The molecule has 0 aliphatic carbocycles. The quantitative estimate of drug-likeness (QED) is 0.197. The molecule has 11 heteroatoms. The minimum Gasteiger partial charge on any atom is -0.480 e.